The Bertz CT molecular complexity index is 564. The lowest BCUT2D eigenvalue weighted by Gasteiger charge is -2.17. The van der Waals surface area contributed by atoms with Crippen molar-refractivity contribution in [3.8, 4) is 0 Å². The van der Waals surface area contributed by atoms with Gasteiger partial charge in [0.15, 0.2) is 0 Å². The number of aryl methyl sites for hydroxylation is 1. The highest BCUT2D eigenvalue weighted by Gasteiger charge is 2.16. The standard InChI is InChI=1S/C11H14N2O3S/c1-17(15,16)13-9-5-6-10-8(7-9)3-2-4-11(10)12-14/h5-7,13-14H,2-4H2,1H3/b12-11+. The van der Waals surface area contributed by atoms with Crippen molar-refractivity contribution in [1.82, 2.24) is 0 Å². The van der Waals surface area contributed by atoms with Crippen LogP contribution in [0.3, 0.4) is 0 Å². The van der Waals surface area contributed by atoms with Gasteiger partial charge < -0.3 is 5.21 Å². The second-order valence-corrected chi connectivity index (χ2v) is 5.89. The molecule has 0 heterocycles. The summed E-state index contributed by atoms with van der Waals surface area (Å²) in [4.78, 5) is 0. The van der Waals surface area contributed by atoms with E-state index in [2.05, 4.69) is 9.88 Å². The van der Waals surface area contributed by atoms with Crippen LogP contribution in [0.2, 0.25) is 0 Å². The Balaban J connectivity index is 2.38. The molecule has 17 heavy (non-hydrogen) atoms. The molecular weight excluding hydrogens is 240 g/mol. The normalized spacial score (nSPS) is 17.8. The highest BCUT2D eigenvalue weighted by atomic mass is 32.2. The summed E-state index contributed by atoms with van der Waals surface area (Å²) >= 11 is 0. The first-order valence-corrected chi connectivity index (χ1v) is 7.21. The summed E-state index contributed by atoms with van der Waals surface area (Å²) < 4.78 is 24.7. The van der Waals surface area contributed by atoms with Crippen LogP contribution in [0, 0.1) is 0 Å². The zero-order valence-electron chi connectivity index (χ0n) is 9.47. The molecule has 1 aromatic rings. The van der Waals surface area contributed by atoms with Crippen molar-refractivity contribution in [2.24, 2.45) is 5.16 Å². The zero-order valence-corrected chi connectivity index (χ0v) is 10.3. The molecule has 1 aliphatic rings. The topological polar surface area (TPSA) is 78.8 Å². The van der Waals surface area contributed by atoms with Crippen molar-refractivity contribution in [2.45, 2.75) is 19.3 Å². The van der Waals surface area contributed by atoms with Gasteiger partial charge in [0.1, 0.15) is 0 Å². The van der Waals surface area contributed by atoms with Crippen molar-refractivity contribution in [2.75, 3.05) is 11.0 Å². The summed E-state index contributed by atoms with van der Waals surface area (Å²) in [5, 5.41) is 12.1. The number of rotatable bonds is 2. The zero-order chi connectivity index (χ0) is 12.5. The average Bonchev–Trinajstić information content (AvgIpc) is 2.25. The van der Waals surface area contributed by atoms with Gasteiger partial charge in [0.25, 0.3) is 0 Å². The fourth-order valence-electron chi connectivity index (χ4n) is 2.04. The van der Waals surface area contributed by atoms with Gasteiger partial charge in [-0.3, -0.25) is 4.72 Å². The second-order valence-electron chi connectivity index (χ2n) is 4.15. The minimum absolute atomic E-state index is 0.547. The molecule has 0 unspecified atom stereocenters. The van der Waals surface area contributed by atoms with Crippen LogP contribution in [0.15, 0.2) is 23.4 Å². The molecule has 6 heteroatoms. The van der Waals surface area contributed by atoms with E-state index in [0.29, 0.717) is 11.4 Å². The number of hydrogen-bond donors (Lipinski definition) is 2. The van der Waals surface area contributed by atoms with Gasteiger partial charge in [-0.25, -0.2) is 8.42 Å². The number of anilines is 1. The van der Waals surface area contributed by atoms with Crippen molar-refractivity contribution < 1.29 is 13.6 Å². The van der Waals surface area contributed by atoms with Crippen LogP contribution in [0.5, 0.6) is 0 Å². The highest BCUT2D eigenvalue weighted by molar-refractivity contribution is 7.92. The molecule has 1 aliphatic carbocycles. The summed E-state index contributed by atoms with van der Waals surface area (Å²) in [6.45, 7) is 0. The maximum absolute atomic E-state index is 11.1. The quantitative estimate of drug-likeness (QED) is 0.621. The van der Waals surface area contributed by atoms with E-state index in [1.165, 1.54) is 0 Å². The Morgan fingerprint density at radius 1 is 1.35 bits per heavy atom. The summed E-state index contributed by atoms with van der Waals surface area (Å²) in [6, 6.07) is 5.26. The fraction of sp³-hybridized carbons (Fsp3) is 0.364. The van der Waals surface area contributed by atoms with Gasteiger partial charge in [-0.2, -0.15) is 0 Å². The van der Waals surface area contributed by atoms with E-state index < -0.39 is 10.0 Å². The minimum atomic E-state index is -3.25. The molecule has 0 saturated heterocycles. The van der Waals surface area contributed by atoms with E-state index >= 15 is 0 Å². The third-order valence-corrected chi connectivity index (χ3v) is 3.31. The Morgan fingerprint density at radius 3 is 2.76 bits per heavy atom. The van der Waals surface area contributed by atoms with E-state index in [1.807, 2.05) is 0 Å². The van der Waals surface area contributed by atoms with E-state index in [9.17, 15) is 8.42 Å². The third-order valence-electron chi connectivity index (χ3n) is 2.70. The molecule has 0 spiro atoms. The first kappa shape index (κ1) is 11.9. The molecule has 0 amide bonds. The third kappa shape index (κ3) is 2.76. The molecule has 5 nitrogen and oxygen atoms in total. The molecule has 0 bridgehead atoms. The van der Waals surface area contributed by atoms with E-state index in [4.69, 9.17) is 5.21 Å². The highest BCUT2D eigenvalue weighted by Crippen LogP contribution is 2.25. The molecule has 1 aromatic carbocycles. The number of nitrogens with one attached hydrogen (secondary N) is 1. The molecule has 0 fully saturated rings. The van der Waals surface area contributed by atoms with Gasteiger partial charge in [0, 0.05) is 11.3 Å². The van der Waals surface area contributed by atoms with Gasteiger partial charge in [0.2, 0.25) is 10.0 Å². The van der Waals surface area contributed by atoms with Crippen LogP contribution in [-0.2, 0) is 16.4 Å². The van der Waals surface area contributed by atoms with Crippen LogP contribution in [-0.4, -0.2) is 25.6 Å². The number of hydrogen-bond acceptors (Lipinski definition) is 4. The van der Waals surface area contributed by atoms with E-state index in [-0.39, 0.29) is 0 Å². The molecule has 2 rings (SSSR count). The van der Waals surface area contributed by atoms with Gasteiger partial charge in [-0.15, -0.1) is 0 Å². The first-order valence-electron chi connectivity index (χ1n) is 5.31. The predicted molar refractivity (Wildman–Crippen MR) is 66.2 cm³/mol. The number of fused-ring (bicyclic) bond motifs is 1. The average molecular weight is 254 g/mol. The van der Waals surface area contributed by atoms with Crippen LogP contribution >= 0.6 is 0 Å². The molecule has 92 valence electrons. The maximum atomic E-state index is 11.1. The molecule has 0 atom stereocenters. The molecule has 0 aromatic heterocycles. The van der Waals surface area contributed by atoms with Gasteiger partial charge in [-0.1, -0.05) is 11.2 Å². The van der Waals surface area contributed by atoms with Gasteiger partial charge in [0.05, 0.1) is 12.0 Å². The summed E-state index contributed by atoms with van der Waals surface area (Å²) in [6.07, 6.45) is 3.65. The van der Waals surface area contributed by atoms with Gasteiger partial charge >= 0.3 is 0 Å². The van der Waals surface area contributed by atoms with Gasteiger partial charge in [-0.05, 0) is 37.0 Å². The lowest BCUT2D eigenvalue weighted by molar-refractivity contribution is 0.317. The fourth-order valence-corrected chi connectivity index (χ4v) is 2.60. The summed E-state index contributed by atoms with van der Waals surface area (Å²) in [5.41, 5.74) is 3.12. The van der Waals surface area contributed by atoms with E-state index in [0.717, 1.165) is 36.6 Å². The molecule has 0 aliphatic heterocycles. The Kier molecular flexibility index (Phi) is 3.06. The largest absolute Gasteiger partial charge is 0.411 e. The predicted octanol–water partition coefficient (Wildman–Crippen LogP) is 1.57. The van der Waals surface area contributed by atoms with Crippen LogP contribution < -0.4 is 4.72 Å². The van der Waals surface area contributed by atoms with Crippen molar-refractivity contribution in [3.63, 3.8) is 0 Å². The van der Waals surface area contributed by atoms with Crippen LogP contribution in [0.25, 0.3) is 0 Å². The maximum Gasteiger partial charge on any atom is 0.229 e. The number of sulfonamides is 1. The summed E-state index contributed by atoms with van der Waals surface area (Å²) in [5.74, 6) is 0. The molecule has 0 saturated carbocycles. The second kappa shape index (κ2) is 4.37. The number of benzene rings is 1. The minimum Gasteiger partial charge on any atom is -0.411 e. The van der Waals surface area contributed by atoms with Crippen LogP contribution in [0.4, 0.5) is 5.69 Å². The Labute approximate surface area is 100 Å². The van der Waals surface area contributed by atoms with Crippen molar-refractivity contribution >= 4 is 21.4 Å². The molecular formula is C11H14N2O3S. The Hall–Kier alpha value is -1.56. The lowest BCUT2D eigenvalue weighted by atomic mass is 9.90. The Morgan fingerprint density at radius 2 is 2.12 bits per heavy atom. The molecule has 0 radical (unpaired) electrons. The monoisotopic (exact) mass is 254 g/mol. The van der Waals surface area contributed by atoms with Crippen LogP contribution in [0.1, 0.15) is 24.0 Å². The van der Waals surface area contributed by atoms with E-state index in [1.54, 1.807) is 18.2 Å². The van der Waals surface area contributed by atoms with Crippen molar-refractivity contribution in [1.29, 1.82) is 0 Å². The lowest BCUT2D eigenvalue weighted by Crippen LogP contribution is -2.14. The number of oxime groups is 1. The smallest absolute Gasteiger partial charge is 0.229 e. The molecule has 2 N–H and O–H groups in total. The summed E-state index contributed by atoms with van der Waals surface area (Å²) in [7, 11) is -3.25. The number of nitrogens with zero attached hydrogens (tertiary/aromatic N) is 1. The first-order chi connectivity index (χ1) is 7.99. The SMILES string of the molecule is CS(=O)(=O)Nc1ccc2c(c1)CCC/C2=N\O. The van der Waals surface area contributed by atoms with Crippen molar-refractivity contribution in [3.05, 3.63) is 29.3 Å².